The molecular weight excluding hydrogens is 286 g/mol. The van der Waals surface area contributed by atoms with Crippen LogP contribution in [0.2, 0.25) is 0 Å². The first-order valence-corrected chi connectivity index (χ1v) is 9.06. The molecule has 0 aromatic heterocycles. The second-order valence-electron chi connectivity index (χ2n) is 6.17. The van der Waals surface area contributed by atoms with E-state index in [2.05, 4.69) is 6.92 Å². The summed E-state index contributed by atoms with van der Waals surface area (Å²) in [5, 5.41) is 0. The van der Waals surface area contributed by atoms with Crippen molar-refractivity contribution < 1.29 is 9.59 Å². The van der Waals surface area contributed by atoms with Gasteiger partial charge in [-0.1, -0.05) is 82.6 Å². The molecule has 0 saturated carbocycles. The van der Waals surface area contributed by atoms with Gasteiger partial charge in [0.2, 0.25) is 0 Å². The van der Waals surface area contributed by atoms with Crippen LogP contribution in [0.4, 0.5) is 0 Å². The molecule has 0 aliphatic heterocycles. The van der Waals surface area contributed by atoms with Crippen molar-refractivity contribution >= 4 is 11.6 Å². The Kier molecular flexibility index (Phi) is 10.2. The first-order chi connectivity index (χ1) is 11.2. The highest BCUT2D eigenvalue weighted by atomic mass is 16.1. The van der Waals surface area contributed by atoms with Gasteiger partial charge in [0.05, 0.1) is 6.54 Å². The fourth-order valence-electron chi connectivity index (χ4n) is 2.81. The van der Waals surface area contributed by atoms with E-state index in [1.54, 1.807) is 24.3 Å². The quantitative estimate of drug-likeness (QED) is 0.414. The topological polar surface area (TPSA) is 60.2 Å². The molecule has 0 radical (unpaired) electrons. The smallest absolute Gasteiger partial charge is 0.177 e. The molecule has 128 valence electrons. The minimum absolute atomic E-state index is 0.0532. The normalized spacial score (nSPS) is 10.7. The number of carbonyl (C=O) groups excluding carboxylic acids is 2. The van der Waals surface area contributed by atoms with E-state index in [0.717, 1.165) is 12.8 Å². The number of unbranched alkanes of at least 4 members (excludes halogenated alkanes) is 8. The number of ketones is 2. The molecule has 0 fully saturated rings. The van der Waals surface area contributed by atoms with Crippen LogP contribution in [0.1, 0.15) is 91.8 Å². The zero-order valence-corrected chi connectivity index (χ0v) is 14.5. The number of carbonyl (C=O) groups is 2. The van der Waals surface area contributed by atoms with E-state index in [0.29, 0.717) is 17.5 Å². The molecule has 0 aliphatic carbocycles. The van der Waals surface area contributed by atoms with Gasteiger partial charge in [0.15, 0.2) is 11.6 Å². The van der Waals surface area contributed by atoms with Crippen molar-refractivity contribution in [3.63, 3.8) is 0 Å². The molecule has 3 nitrogen and oxygen atoms in total. The molecule has 2 N–H and O–H groups in total. The van der Waals surface area contributed by atoms with Gasteiger partial charge in [-0.2, -0.15) is 0 Å². The van der Waals surface area contributed by atoms with Crippen molar-refractivity contribution in [3.05, 3.63) is 35.4 Å². The Bertz CT molecular complexity index is 482. The monoisotopic (exact) mass is 317 g/mol. The van der Waals surface area contributed by atoms with Gasteiger partial charge in [-0.3, -0.25) is 9.59 Å². The highest BCUT2D eigenvalue weighted by Crippen LogP contribution is 2.15. The zero-order chi connectivity index (χ0) is 16.9. The Hall–Kier alpha value is -1.48. The molecule has 0 unspecified atom stereocenters. The maximum Gasteiger partial charge on any atom is 0.177 e. The minimum Gasteiger partial charge on any atom is -0.324 e. The van der Waals surface area contributed by atoms with Crippen LogP contribution in [0.5, 0.6) is 0 Å². The predicted molar refractivity (Wildman–Crippen MR) is 96.0 cm³/mol. The van der Waals surface area contributed by atoms with Crippen LogP contribution in [0.25, 0.3) is 0 Å². The number of benzene rings is 1. The molecule has 1 rings (SSSR count). The summed E-state index contributed by atoms with van der Waals surface area (Å²) in [6, 6.07) is 7.01. The molecular formula is C20H31NO2. The highest BCUT2D eigenvalue weighted by molar-refractivity contribution is 6.09. The Balaban J connectivity index is 2.26. The maximum absolute atomic E-state index is 12.3. The van der Waals surface area contributed by atoms with Crippen molar-refractivity contribution in [1.82, 2.24) is 0 Å². The molecule has 1 aromatic carbocycles. The maximum atomic E-state index is 12.3. The van der Waals surface area contributed by atoms with Gasteiger partial charge in [-0.25, -0.2) is 0 Å². The fraction of sp³-hybridized carbons (Fsp3) is 0.600. The average Bonchev–Trinajstić information content (AvgIpc) is 2.59. The number of hydrogen-bond acceptors (Lipinski definition) is 3. The van der Waals surface area contributed by atoms with Crippen LogP contribution >= 0.6 is 0 Å². The Morgan fingerprint density at radius 3 is 1.78 bits per heavy atom. The second-order valence-corrected chi connectivity index (χ2v) is 6.17. The lowest BCUT2D eigenvalue weighted by atomic mass is 9.96. The van der Waals surface area contributed by atoms with Gasteiger partial charge in [0, 0.05) is 17.5 Å². The lowest BCUT2D eigenvalue weighted by molar-refractivity contribution is 0.0955. The fourth-order valence-corrected chi connectivity index (χ4v) is 2.81. The Morgan fingerprint density at radius 1 is 0.783 bits per heavy atom. The third-order valence-corrected chi connectivity index (χ3v) is 4.22. The van der Waals surface area contributed by atoms with Crippen molar-refractivity contribution in [3.8, 4) is 0 Å². The van der Waals surface area contributed by atoms with E-state index in [1.807, 2.05) is 0 Å². The molecule has 0 aliphatic rings. The van der Waals surface area contributed by atoms with Gasteiger partial charge in [-0.05, 0) is 6.42 Å². The molecule has 1 aromatic rings. The summed E-state index contributed by atoms with van der Waals surface area (Å²) in [6.45, 7) is 2.18. The summed E-state index contributed by atoms with van der Waals surface area (Å²) in [6.07, 6.45) is 11.6. The molecule has 0 atom stereocenters. The molecule has 0 amide bonds. The lowest BCUT2D eigenvalue weighted by Crippen LogP contribution is -2.17. The van der Waals surface area contributed by atoms with Crippen LogP contribution in [0.3, 0.4) is 0 Å². The molecule has 0 saturated heterocycles. The number of hydrogen-bond donors (Lipinski definition) is 1. The van der Waals surface area contributed by atoms with Gasteiger partial charge < -0.3 is 5.73 Å². The van der Waals surface area contributed by atoms with E-state index in [1.165, 1.54) is 44.9 Å². The summed E-state index contributed by atoms with van der Waals surface area (Å²) >= 11 is 0. The van der Waals surface area contributed by atoms with Crippen LogP contribution < -0.4 is 5.73 Å². The van der Waals surface area contributed by atoms with Crippen molar-refractivity contribution in [2.24, 2.45) is 5.73 Å². The van der Waals surface area contributed by atoms with Gasteiger partial charge in [-0.15, -0.1) is 0 Å². The Labute approximate surface area is 140 Å². The average molecular weight is 317 g/mol. The third kappa shape index (κ3) is 7.56. The summed E-state index contributed by atoms with van der Waals surface area (Å²) < 4.78 is 0. The molecule has 23 heavy (non-hydrogen) atoms. The van der Waals surface area contributed by atoms with Crippen molar-refractivity contribution in [2.45, 2.75) is 71.1 Å². The molecule has 0 heterocycles. The highest BCUT2D eigenvalue weighted by Gasteiger charge is 2.14. The van der Waals surface area contributed by atoms with E-state index in [-0.39, 0.29) is 18.1 Å². The molecule has 0 spiro atoms. The minimum atomic E-state index is -0.166. The third-order valence-electron chi connectivity index (χ3n) is 4.22. The van der Waals surface area contributed by atoms with Crippen LogP contribution in [-0.4, -0.2) is 18.1 Å². The van der Waals surface area contributed by atoms with Crippen LogP contribution in [0, 0.1) is 0 Å². The standard InChI is InChI=1S/C20H31NO2/c1-2-3-4-5-6-7-8-9-10-15-19(22)17-13-11-12-14-18(17)20(23)16-21/h11-14H,2-10,15-16,21H2,1H3. The second kappa shape index (κ2) is 12.0. The first kappa shape index (κ1) is 19.6. The van der Waals surface area contributed by atoms with Gasteiger partial charge in [0.1, 0.15) is 0 Å². The lowest BCUT2D eigenvalue weighted by Gasteiger charge is -2.07. The number of nitrogens with two attached hydrogens (primary N) is 1. The molecule has 0 bridgehead atoms. The van der Waals surface area contributed by atoms with Crippen LogP contribution in [0.15, 0.2) is 24.3 Å². The Morgan fingerprint density at radius 2 is 1.26 bits per heavy atom. The summed E-state index contributed by atoms with van der Waals surface area (Å²) in [7, 11) is 0. The van der Waals surface area contributed by atoms with E-state index >= 15 is 0 Å². The largest absolute Gasteiger partial charge is 0.324 e. The number of rotatable bonds is 13. The summed E-state index contributed by atoms with van der Waals surface area (Å²) in [5.74, 6) is -0.105. The van der Waals surface area contributed by atoms with Crippen molar-refractivity contribution in [2.75, 3.05) is 6.54 Å². The molecule has 3 heteroatoms. The SMILES string of the molecule is CCCCCCCCCCCC(=O)c1ccccc1C(=O)CN. The van der Waals surface area contributed by atoms with E-state index in [9.17, 15) is 9.59 Å². The number of Topliss-reactive ketones (excluding diaryl/α,β-unsaturated/α-hetero) is 2. The first-order valence-electron chi connectivity index (χ1n) is 9.06. The van der Waals surface area contributed by atoms with Crippen molar-refractivity contribution in [1.29, 1.82) is 0 Å². The zero-order valence-electron chi connectivity index (χ0n) is 14.5. The van der Waals surface area contributed by atoms with E-state index in [4.69, 9.17) is 5.73 Å². The van der Waals surface area contributed by atoms with Crippen LogP contribution in [-0.2, 0) is 0 Å². The predicted octanol–water partition coefficient (Wildman–Crippen LogP) is 4.93. The van der Waals surface area contributed by atoms with E-state index < -0.39 is 0 Å². The van der Waals surface area contributed by atoms with Gasteiger partial charge in [0.25, 0.3) is 0 Å². The van der Waals surface area contributed by atoms with Gasteiger partial charge >= 0.3 is 0 Å². The summed E-state index contributed by atoms with van der Waals surface area (Å²) in [5.41, 5.74) is 6.41. The summed E-state index contributed by atoms with van der Waals surface area (Å²) in [4.78, 5) is 24.1.